The highest BCUT2D eigenvalue weighted by atomic mass is 16.1. The topological polar surface area (TPSA) is 77.0 Å². The summed E-state index contributed by atoms with van der Waals surface area (Å²) in [7, 11) is 0. The number of nitrogens with two attached hydrogens (primary N) is 1. The van der Waals surface area contributed by atoms with Crippen molar-refractivity contribution in [1.29, 1.82) is 0 Å². The third-order valence-corrected chi connectivity index (χ3v) is 8.19. The van der Waals surface area contributed by atoms with E-state index < -0.39 is 0 Å². The summed E-state index contributed by atoms with van der Waals surface area (Å²) in [4.78, 5) is 14.3. The third-order valence-electron chi connectivity index (χ3n) is 8.19. The van der Waals surface area contributed by atoms with E-state index in [1.54, 1.807) is 0 Å². The summed E-state index contributed by atoms with van der Waals surface area (Å²) < 4.78 is 2.13. The molecule has 4 fully saturated rings. The number of hydrogen-bond acceptors (Lipinski definition) is 4. The Hall–Kier alpha value is -2.21. The molecule has 1 spiro atoms. The Balaban J connectivity index is 1.16. The zero-order chi connectivity index (χ0) is 19.6. The van der Waals surface area contributed by atoms with Crippen LogP contribution in [0.1, 0.15) is 84.9 Å². The van der Waals surface area contributed by atoms with Crippen molar-refractivity contribution in [2.24, 2.45) is 11.1 Å². The Morgan fingerprint density at radius 1 is 1.17 bits per heavy atom. The summed E-state index contributed by atoms with van der Waals surface area (Å²) in [5.74, 6) is 0.230. The minimum atomic E-state index is -0.331. The van der Waals surface area contributed by atoms with Crippen LogP contribution in [0.3, 0.4) is 0 Å². The quantitative estimate of drug-likeness (QED) is 0.847. The molecule has 6 nitrogen and oxygen atoms in total. The molecule has 2 bridgehead atoms. The maximum atomic E-state index is 11.6. The lowest BCUT2D eigenvalue weighted by atomic mass is 9.84. The molecule has 0 radical (unpaired) electrons. The first-order valence-electron chi connectivity index (χ1n) is 11.2. The van der Waals surface area contributed by atoms with Gasteiger partial charge < -0.3 is 5.73 Å². The molecule has 1 unspecified atom stereocenters. The van der Waals surface area contributed by atoms with Crippen molar-refractivity contribution in [3.8, 4) is 0 Å². The van der Waals surface area contributed by atoms with Gasteiger partial charge in [0.15, 0.2) is 0 Å². The van der Waals surface area contributed by atoms with Crippen molar-refractivity contribution >= 4 is 5.91 Å². The number of carbonyl (C=O) groups excluding carboxylic acids is 1. The second kappa shape index (κ2) is 6.39. The number of amides is 1. The summed E-state index contributed by atoms with van der Waals surface area (Å²) >= 11 is 0. The first-order valence-corrected chi connectivity index (χ1v) is 11.2. The summed E-state index contributed by atoms with van der Waals surface area (Å²) in [6.07, 6.45) is 12.4. The number of aromatic nitrogens is 3. The Bertz CT molecular complexity index is 946. The normalized spacial score (nSPS) is 33.7. The highest BCUT2D eigenvalue weighted by Gasteiger charge is 2.72. The van der Waals surface area contributed by atoms with Crippen LogP contribution in [0.2, 0.25) is 0 Å². The lowest BCUT2D eigenvalue weighted by molar-refractivity contribution is 0.1000. The number of rotatable bonds is 5. The van der Waals surface area contributed by atoms with Crippen LogP contribution in [0.5, 0.6) is 0 Å². The van der Waals surface area contributed by atoms with E-state index in [1.165, 1.54) is 56.9 Å². The number of benzene rings is 1. The summed E-state index contributed by atoms with van der Waals surface area (Å²) in [5.41, 5.74) is 8.96. The van der Waals surface area contributed by atoms with E-state index in [0.29, 0.717) is 35.0 Å². The Labute approximate surface area is 171 Å². The minimum absolute atomic E-state index is 0.331. The fraction of sp³-hybridized carbons (Fsp3) is 0.609. The van der Waals surface area contributed by atoms with E-state index in [2.05, 4.69) is 32.2 Å². The molecule has 1 aromatic carbocycles. The van der Waals surface area contributed by atoms with Gasteiger partial charge >= 0.3 is 0 Å². The smallest absolute Gasteiger partial charge is 0.248 e. The van der Waals surface area contributed by atoms with Gasteiger partial charge in [-0.3, -0.25) is 9.69 Å². The second-order valence-corrected chi connectivity index (χ2v) is 9.74. The highest BCUT2D eigenvalue weighted by Crippen LogP contribution is 2.73. The molecule has 4 aliphatic rings. The molecule has 4 atom stereocenters. The van der Waals surface area contributed by atoms with Gasteiger partial charge in [0.2, 0.25) is 5.91 Å². The van der Waals surface area contributed by atoms with E-state index in [-0.39, 0.29) is 5.91 Å². The molecule has 2 heterocycles. The van der Waals surface area contributed by atoms with Crippen LogP contribution in [0.25, 0.3) is 0 Å². The van der Waals surface area contributed by atoms with Crippen LogP contribution in [0.15, 0.2) is 30.5 Å². The van der Waals surface area contributed by atoms with Gasteiger partial charge in [-0.15, -0.1) is 5.10 Å². The number of piperidine rings is 2. The first-order chi connectivity index (χ1) is 14.1. The molecule has 1 amide bonds. The average Bonchev–Trinajstić information content (AvgIpc) is 3.04. The van der Waals surface area contributed by atoms with Crippen molar-refractivity contribution < 1.29 is 4.79 Å². The molecule has 1 saturated heterocycles. The van der Waals surface area contributed by atoms with Gasteiger partial charge in [0, 0.05) is 24.2 Å². The van der Waals surface area contributed by atoms with Crippen molar-refractivity contribution in [2.75, 3.05) is 0 Å². The molecule has 2 aromatic rings. The fourth-order valence-electron chi connectivity index (χ4n) is 6.73. The highest BCUT2D eigenvalue weighted by molar-refractivity contribution is 5.92. The zero-order valence-electron chi connectivity index (χ0n) is 16.8. The molecule has 6 heteroatoms. The summed E-state index contributed by atoms with van der Waals surface area (Å²) in [6, 6.07) is 9.84. The Morgan fingerprint density at radius 2 is 2.03 bits per heavy atom. The van der Waals surface area contributed by atoms with Crippen LogP contribution in [0.4, 0.5) is 0 Å². The van der Waals surface area contributed by atoms with E-state index >= 15 is 0 Å². The van der Waals surface area contributed by atoms with Crippen LogP contribution < -0.4 is 5.73 Å². The summed E-state index contributed by atoms with van der Waals surface area (Å²) in [5, 5.41) is 8.98. The molecule has 29 heavy (non-hydrogen) atoms. The first kappa shape index (κ1) is 17.6. The standard InChI is InChI=1S/C23H29N5O/c24-22(29)16-6-4-5-15(9-16)20-10-19-11-23(20)12-21(23)27(19)13-17-14-28(26-25-17)18-7-2-1-3-8-18/h4-6,9,14,18-21H,1-3,7-8,10-13H2,(H2,24,29)/t19-,20+,21+,23?/m1/s1. The van der Waals surface area contributed by atoms with Crippen molar-refractivity contribution in [3.63, 3.8) is 0 Å². The van der Waals surface area contributed by atoms with E-state index in [9.17, 15) is 4.79 Å². The predicted molar refractivity (Wildman–Crippen MR) is 109 cm³/mol. The molecule has 1 aliphatic heterocycles. The minimum Gasteiger partial charge on any atom is -0.366 e. The molecule has 3 saturated carbocycles. The van der Waals surface area contributed by atoms with Gasteiger partial charge in [-0.25, -0.2) is 4.68 Å². The molecule has 1 aromatic heterocycles. The molecular weight excluding hydrogens is 362 g/mol. The predicted octanol–water partition coefficient (Wildman–Crippen LogP) is 3.40. The van der Waals surface area contributed by atoms with Gasteiger partial charge in [0.25, 0.3) is 0 Å². The molecule has 152 valence electrons. The number of fused-ring (bicyclic) bond motifs is 1. The van der Waals surface area contributed by atoms with Crippen LogP contribution in [-0.4, -0.2) is 37.9 Å². The number of likely N-dealkylation sites (tertiary alicyclic amines) is 1. The number of primary amides is 1. The van der Waals surface area contributed by atoms with E-state index in [0.717, 1.165) is 12.2 Å². The maximum Gasteiger partial charge on any atom is 0.248 e. The van der Waals surface area contributed by atoms with Crippen LogP contribution in [-0.2, 0) is 6.54 Å². The van der Waals surface area contributed by atoms with Crippen molar-refractivity contribution in [1.82, 2.24) is 19.9 Å². The molecule has 2 N–H and O–H groups in total. The fourth-order valence-corrected chi connectivity index (χ4v) is 6.73. The lowest BCUT2D eigenvalue weighted by Crippen LogP contribution is -2.35. The lowest BCUT2D eigenvalue weighted by Gasteiger charge is -2.31. The van der Waals surface area contributed by atoms with Gasteiger partial charge in [-0.2, -0.15) is 0 Å². The van der Waals surface area contributed by atoms with Crippen LogP contribution >= 0.6 is 0 Å². The Kier molecular flexibility index (Phi) is 3.89. The zero-order valence-corrected chi connectivity index (χ0v) is 16.8. The maximum absolute atomic E-state index is 11.6. The SMILES string of the molecule is NC(=O)c1cccc([C@@H]2C[C@@H]3CC24C[C@@H]4N3Cc2cn(C3CCCCC3)nn2)c1. The monoisotopic (exact) mass is 391 g/mol. The van der Waals surface area contributed by atoms with E-state index in [1.807, 2.05) is 18.2 Å². The average molecular weight is 392 g/mol. The van der Waals surface area contributed by atoms with Crippen LogP contribution in [0, 0.1) is 5.41 Å². The third kappa shape index (κ3) is 2.75. The second-order valence-electron chi connectivity index (χ2n) is 9.74. The summed E-state index contributed by atoms with van der Waals surface area (Å²) in [6.45, 7) is 0.928. The Morgan fingerprint density at radius 3 is 2.83 bits per heavy atom. The van der Waals surface area contributed by atoms with Crippen molar-refractivity contribution in [3.05, 3.63) is 47.3 Å². The van der Waals surface area contributed by atoms with Crippen molar-refractivity contribution in [2.45, 2.75) is 82.0 Å². The molecular formula is C23H29N5O. The number of hydrogen-bond donors (Lipinski definition) is 1. The van der Waals surface area contributed by atoms with Gasteiger partial charge in [0.1, 0.15) is 0 Å². The number of carbonyl (C=O) groups is 1. The largest absolute Gasteiger partial charge is 0.366 e. The number of nitrogens with zero attached hydrogens (tertiary/aromatic N) is 4. The van der Waals surface area contributed by atoms with Gasteiger partial charge in [0.05, 0.1) is 17.9 Å². The van der Waals surface area contributed by atoms with E-state index in [4.69, 9.17) is 5.73 Å². The molecule has 6 rings (SSSR count). The van der Waals surface area contributed by atoms with Gasteiger partial charge in [-0.1, -0.05) is 36.6 Å². The van der Waals surface area contributed by atoms with Gasteiger partial charge in [-0.05, 0) is 61.1 Å². The molecule has 3 aliphatic carbocycles.